The smallest absolute Gasteiger partial charge is 0.147 e. The Morgan fingerprint density at radius 1 is 1.05 bits per heavy atom. The van der Waals surface area contributed by atoms with Crippen LogP contribution in [0.25, 0.3) is 16.6 Å². The Morgan fingerprint density at radius 3 is 2.45 bits per heavy atom. The van der Waals surface area contributed by atoms with Crippen LogP contribution in [0.1, 0.15) is 13.8 Å². The minimum Gasteiger partial charge on any atom is -0.506 e. The van der Waals surface area contributed by atoms with Gasteiger partial charge in [0.2, 0.25) is 0 Å². The summed E-state index contributed by atoms with van der Waals surface area (Å²) in [5, 5.41) is 10.8. The number of nitrogens with zero attached hydrogens (tertiary/aromatic N) is 1. The first-order valence-electron chi connectivity index (χ1n) is 6.42. The van der Waals surface area contributed by atoms with Crippen molar-refractivity contribution < 1.29 is 9.50 Å². The number of phenolic OH excluding ortho intramolecular Hbond substituents is 1. The molecule has 2 nitrogen and oxygen atoms in total. The lowest BCUT2D eigenvalue weighted by Crippen LogP contribution is -1.95. The third-order valence-corrected chi connectivity index (χ3v) is 3.58. The van der Waals surface area contributed by atoms with Crippen LogP contribution in [0.15, 0.2) is 53.1 Å². The maximum absolute atomic E-state index is 13.8. The van der Waals surface area contributed by atoms with Crippen molar-refractivity contribution in [1.82, 2.24) is 4.57 Å². The third kappa shape index (κ3) is 2.43. The van der Waals surface area contributed by atoms with Gasteiger partial charge in [0, 0.05) is 16.1 Å². The van der Waals surface area contributed by atoms with Crippen molar-refractivity contribution in [1.29, 1.82) is 0 Å². The van der Waals surface area contributed by atoms with Crippen molar-refractivity contribution in [3.05, 3.63) is 59.0 Å². The summed E-state index contributed by atoms with van der Waals surface area (Å²) in [5.41, 5.74) is 1.01. The van der Waals surface area contributed by atoms with Crippen molar-refractivity contribution in [2.45, 2.75) is 13.8 Å². The molecule has 0 fully saturated rings. The molecule has 0 aliphatic carbocycles. The lowest BCUT2D eigenvalue weighted by Gasteiger charge is -2.08. The fourth-order valence-electron chi connectivity index (χ4n) is 2.06. The Kier molecular flexibility index (Phi) is 4.45. The third-order valence-electron chi connectivity index (χ3n) is 2.89. The van der Waals surface area contributed by atoms with Crippen LogP contribution in [0.2, 0.25) is 0 Å². The maximum atomic E-state index is 13.8. The molecular weight excluding hydrogens is 321 g/mol. The van der Waals surface area contributed by atoms with Crippen LogP contribution in [0.4, 0.5) is 4.39 Å². The standard InChI is InChI=1S/C14H9BrFNO.C2H6/c15-10-5-6-13(18)14-9(10)7-8-17(14)12-4-2-1-3-11(12)16;1-2/h1-8,18H;1-2H3. The van der Waals surface area contributed by atoms with E-state index in [1.807, 2.05) is 19.9 Å². The van der Waals surface area contributed by atoms with E-state index in [0.717, 1.165) is 9.86 Å². The molecule has 20 heavy (non-hydrogen) atoms. The molecule has 3 aromatic rings. The zero-order valence-electron chi connectivity index (χ0n) is 11.3. The van der Waals surface area contributed by atoms with Gasteiger partial charge in [-0.1, -0.05) is 41.9 Å². The summed E-state index contributed by atoms with van der Waals surface area (Å²) in [5.74, 6) is -0.198. The highest BCUT2D eigenvalue weighted by atomic mass is 79.9. The van der Waals surface area contributed by atoms with Crippen LogP contribution in [0.3, 0.4) is 0 Å². The Hall–Kier alpha value is -1.81. The predicted octanol–water partition coefficient (Wildman–Crippen LogP) is 5.26. The van der Waals surface area contributed by atoms with Crippen LogP contribution in [-0.4, -0.2) is 9.67 Å². The summed E-state index contributed by atoms with van der Waals surface area (Å²) < 4.78 is 16.3. The largest absolute Gasteiger partial charge is 0.506 e. The average molecular weight is 336 g/mol. The highest BCUT2D eigenvalue weighted by Crippen LogP contribution is 2.33. The first kappa shape index (κ1) is 14.6. The Balaban J connectivity index is 0.000000704. The lowest BCUT2D eigenvalue weighted by atomic mass is 10.2. The maximum Gasteiger partial charge on any atom is 0.147 e. The fraction of sp³-hybridized carbons (Fsp3) is 0.125. The summed E-state index contributed by atoms with van der Waals surface area (Å²) >= 11 is 3.42. The molecule has 1 aromatic heterocycles. The predicted molar refractivity (Wildman–Crippen MR) is 83.9 cm³/mol. The van der Waals surface area contributed by atoms with Crippen LogP contribution >= 0.6 is 15.9 Å². The highest BCUT2D eigenvalue weighted by molar-refractivity contribution is 9.10. The Morgan fingerprint density at radius 2 is 1.75 bits per heavy atom. The molecular formula is C16H15BrFNO. The number of benzene rings is 2. The summed E-state index contributed by atoms with van der Waals surface area (Å²) in [4.78, 5) is 0. The van der Waals surface area contributed by atoms with Gasteiger partial charge in [0.05, 0.1) is 11.2 Å². The van der Waals surface area contributed by atoms with Crippen molar-refractivity contribution in [2.24, 2.45) is 0 Å². The molecule has 0 saturated carbocycles. The molecule has 0 atom stereocenters. The highest BCUT2D eigenvalue weighted by Gasteiger charge is 2.12. The summed E-state index contributed by atoms with van der Waals surface area (Å²) in [6, 6.07) is 11.7. The van der Waals surface area contributed by atoms with E-state index < -0.39 is 0 Å². The van der Waals surface area contributed by atoms with Gasteiger partial charge in [0.25, 0.3) is 0 Å². The number of aromatic nitrogens is 1. The normalized spacial score (nSPS) is 10.2. The summed E-state index contributed by atoms with van der Waals surface area (Å²) in [7, 11) is 0. The van der Waals surface area contributed by atoms with Gasteiger partial charge >= 0.3 is 0 Å². The van der Waals surface area contributed by atoms with Gasteiger partial charge in [-0.05, 0) is 30.3 Å². The van der Waals surface area contributed by atoms with Crippen molar-refractivity contribution in [3.63, 3.8) is 0 Å². The molecule has 0 aliphatic rings. The van der Waals surface area contributed by atoms with Crippen LogP contribution in [0.5, 0.6) is 5.75 Å². The van der Waals surface area contributed by atoms with E-state index in [-0.39, 0.29) is 11.6 Å². The van der Waals surface area contributed by atoms with Crippen molar-refractivity contribution in [3.8, 4) is 11.4 Å². The number of fused-ring (bicyclic) bond motifs is 1. The van der Waals surface area contributed by atoms with Gasteiger partial charge < -0.3 is 9.67 Å². The molecule has 0 saturated heterocycles. The minimum absolute atomic E-state index is 0.126. The number of hydrogen-bond donors (Lipinski definition) is 1. The monoisotopic (exact) mass is 335 g/mol. The number of hydrogen-bond acceptors (Lipinski definition) is 1. The molecule has 0 radical (unpaired) electrons. The fourth-order valence-corrected chi connectivity index (χ4v) is 2.51. The van der Waals surface area contributed by atoms with E-state index >= 15 is 0 Å². The van der Waals surface area contributed by atoms with Crippen LogP contribution in [-0.2, 0) is 0 Å². The van der Waals surface area contributed by atoms with Gasteiger partial charge in [-0.15, -0.1) is 0 Å². The summed E-state index contributed by atoms with van der Waals surface area (Å²) in [6.45, 7) is 4.00. The van der Waals surface area contributed by atoms with E-state index in [9.17, 15) is 9.50 Å². The van der Waals surface area contributed by atoms with E-state index in [0.29, 0.717) is 11.2 Å². The number of aromatic hydroxyl groups is 1. The van der Waals surface area contributed by atoms with Crippen molar-refractivity contribution in [2.75, 3.05) is 0 Å². The molecule has 0 spiro atoms. The molecule has 4 heteroatoms. The topological polar surface area (TPSA) is 25.2 Å². The quantitative estimate of drug-likeness (QED) is 0.644. The van der Waals surface area contributed by atoms with Gasteiger partial charge in [0.15, 0.2) is 0 Å². The minimum atomic E-state index is -0.325. The zero-order valence-corrected chi connectivity index (χ0v) is 12.9. The molecule has 0 bridgehead atoms. The first-order valence-corrected chi connectivity index (χ1v) is 7.21. The van der Waals surface area contributed by atoms with E-state index in [1.54, 1.807) is 41.1 Å². The molecule has 0 unspecified atom stereocenters. The Labute approximate surface area is 125 Å². The van der Waals surface area contributed by atoms with E-state index in [2.05, 4.69) is 15.9 Å². The number of para-hydroxylation sites is 1. The molecule has 3 rings (SSSR count). The molecule has 104 valence electrons. The molecule has 0 aliphatic heterocycles. The number of rotatable bonds is 1. The van der Waals surface area contributed by atoms with Gasteiger partial charge in [0.1, 0.15) is 11.6 Å². The second-order valence-electron chi connectivity index (χ2n) is 3.97. The average Bonchev–Trinajstić information content (AvgIpc) is 2.92. The molecule has 0 amide bonds. The summed E-state index contributed by atoms with van der Waals surface area (Å²) in [6.07, 6.45) is 1.74. The first-order chi connectivity index (χ1) is 9.68. The van der Waals surface area contributed by atoms with Gasteiger partial charge in [-0.3, -0.25) is 0 Å². The van der Waals surface area contributed by atoms with E-state index in [1.165, 1.54) is 6.07 Å². The van der Waals surface area contributed by atoms with Crippen LogP contribution in [0, 0.1) is 5.82 Å². The second-order valence-corrected chi connectivity index (χ2v) is 4.82. The van der Waals surface area contributed by atoms with Gasteiger partial charge in [-0.2, -0.15) is 0 Å². The molecule has 1 N–H and O–H groups in total. The lowest BCUT2D eigenvalue weighted by molar-refractivity contribution is 0.479. The Bertz CT molecular complexity index is 736. The van der Waals surface area contributed by atoms with Gasteiger partial charge in [-0.25, -0.2) is 4.39 Å². The van der Waals surface area contributed by atoms with Crippen LogP contribution < -0.4 is 0 Å². The number of halogens is 2. The molecule has 1 heterocycles. The SMILES string of the molecule is CC.Oc1ccc(Br)c2ccn(-c3ccccc3F)c12. The molecule has 2 aromatic carbocycles. The van der Waals surface area contributed by atoms with Crippen molar-refractivity contribution >= 4 is 26.8 Å². The zero-order chi connectivity index (χ0) is 14.7. The van der Waals surface area contributed by atoms with E-state index in [4.69, 9.17) is 0 Å². The number of phenols is 1. The second kappa shape index (κ2) is 6.09.